The molecule has 1 N–H and O–H groups in total. The molecule has 0 aliphatic carbocycles. The molecule has 1 amide bonds. The summed E-state index contributed by atoms with van der Waals surface area (Å²) in [6.45, 7) is 1.52. The Hall–Kier alpha value is -3.03. The van der Waals surface area contributed by atoms with Gasteiger partial charge in [0.1, 0.15) is 17.7 Å². The number of aromatic amines is 1. The van der Waals surface area contributed by atoms with E-state index in [1.807, 2.05) is 18.0 Å². The number of benzene rings is 1. The van der Waals surface area contributed by atoms with Crippen molar-refractivity contribution in [3.8, 4) is 0 Å². The summed E-state index contributed by atoms with van der Waals surface area (Å²) >= 11 is 0. The molecule has 1 atom stereocenters. The van der Waals surface area contributed by atoms with E-state index in [0.29, 0.717) is 12.1 Å². The molecule has 2 aliphatic rings. The van der Waals surface area contributed by atoms with Gasteiger partial charge in [0.05, 0.1) is 11.7 Å². The lowest BCUT2D eigenvalue weighted by Gasteiger charge is -2.38. The van der Waals surface area contributed by atoms with Gasteiger partial charge in [0.25, 0.3) is 0 Å². The van der Waals surface area contributed by atoms with Gasteiger partial charge in [-0.15, -0.1) is 0 Å². The van der Waals surface area contributed by atoms with Crippen LogP contribution in [-0.4, -0.2) is 56.9 Å². The third kappa shape index (κ3) is 3.03. The fourth-order valence-corrected chi connectivity index (χ4v) is 4.92. The number of nitrogens with zero attached hydrogens (tertiary/aromatic N) is 5. The largest absolute Gasteiger partial charge is 0.355 e. The minimum absolute atomic E-state index is 0.106. The summed E-state index contributed by atoms with van der Waals surface area (Å²) in [5.41, 5.74) is 2.10. The Kier molecular flexibility index (Phi) is 4.22. The molecule has 3 aromatic rings. The van der Waals surface area contributed by atoms with E-state index in [-0.39, 0.29) is 23.2 Å². The first kappa shape index (κ1) is 18.0. The molecular formula is C21H23FN6O. The van der Waals surface area contributed by atoms with Crippen LogP contribution in [-0.2, 0) is 11.2 Å². The molecule has 2 saturated heterocycles. The Labute approximate surface area is 168 Å². The quantitative estimate of drug-likeness (QED) is 0.739. The van der Waals surface area contributed by atoms with Crippen LogP contribution in [0.5, 0.6) is 0 Å². The summed E-state index contributed by atoms with van der Waals surface area (Å²) in [5.74, 6) is 0.831. The highest BCUT2D eigenvalue weighted by Crippen LogP contribution is 2.45. The van der Waals surface area contributed by atoms with E-state index in [9.17, 15) is 9.18 Å². The Morgan fingerprint density at radius 3 is 2.86 bits per heavy atom. The molecule has 29 heavy (non-hydrogen) atoms. The summed E-state index contributed by atoms with van der Waals surface area (Å²) in [6, 6.07) is 6.78. The number of aromatic nitrogens is 4. The minimum atomic E-state index is -0.330. The lowest BCUT2D eigenvalue weighted by Crippen LogP contribution is -2.44. The Morgan fingerprint density at radius 1 is 1.24 bits per heavy atom. The molecule has 4 heterocycles. The molecule has 0 radical (unpaired) electrons. The molecule has 5 rings (SSSR count). The van der Waals surface area contributed by atoms with Crippen molar-refractivity contribution >= 4 is 22.9 Å². The first-order chi connectivity index (χ1) is 14.1. The molecular weight excluding hydrogens is 371 g/mol. The number of fused-ring (bicyclic) bond motifs is 1. The van der Waals surface area contributed by atoms with E-state index in [4.69, 9.17) is 0 Å². The topological polar surface area (TPSA) is 78.0 Å². The van der Waals surface area contributed by atoms with Gasteiger partial charge < -0.3 is 14.8 Å². The summed E-state index contributed by atoms with van der Waals surface area (Å²) in [7, 11) is 1.88. The zero-order valence-electron chi connectivity index (χ0n) is 16.3. The molecule has 2 aromatic heterocycles. The first-order valence-corrected chi connectivity index (χ1v) is 9.96. The number of halogens is 1. The van der Waals surface area contributed by atoms with Crippen molar-refractivity contribution < 1.29 is 9.18 Å². The SMILES string of the molecule is CN1C(=O)C2(CCN(c3ncnc4nc[nH]c34)CC2)CC1Cc1cccc(F)c1. The number of H-pyrrole nitrogens is 1. The monoisotopic (exact) mass is 394 g/mol. The van der Waals surface area contributed by atoms with Crippen LogP contribution in [0.3, 0.4) is 0 Å². The molecule has 0 bridgehead atoms. The van der Waals surface area contributed by atoms with Gasteiger partial charge in [-0.2, -0.15) is 0 Å². The van der Waals surface area contributed by atoms with Gasteiger partial charge in [0, 0.05) is 26.2 Å². The molecule has 2 aliphatic heterocycles. The number of rotatable bonds is 3. The molecule has 150 valence electrons. The number of amides is 1. The van der Waals surface area contributed by atoms with E-state index in [0.717, 1.165) is 49.2 Å². The first-order valence-electron chi connectivity index (χ1n) is 9.96. The van der Waals surface area contributed by atoms with Crippen LogP contribution in [0.15, 0.2) is 36.9 Å². The smallest absolute Gasteiger partial charge is 0.229 e. The number of carbonyl (C=O) groups is 1. The number of piperidine rings is 1. The zero-order valence-corrected chi connectivity index (χ0v) is 16.3. The second-order valence-electron chi connectivity index (χ2n) is 8.17. The van der Waals surface area contributed by atoms with Gasteiger partial charge in [-0.05, 0) is 43.4 Å². The van der Waals surface area contributed by atoms with Crippen LogP contribution in [0.1, 0.15) is 24.8 Å². The number of likely N-dealkylation sites (tertiary alicyclic amines) is 1. The van der Waals surface area contributed by atoms with Crippen LogP contribution < -0.4 is 4.90 Å². The maximum Gasteiger partial charge on any atom is 0.229 e. The second kappa shape index (κ2) is 6.79. The maximum absolute atomic E-state index is 13.6. The van der Waals surface area contributed by atoms with Gasteiger partial charge in [-0.25, -0.2) is 19.3 Å². The third-order valence-corrected chi connectivity index (χ3v) is 6.53. The molecule has 8 heteroatoms. The van der Waals surface area contributed by atoms with Gasteiger partial charge >= 0.3 is 0 Å². The highest BCUT2D eigenvalue weighted by molar-refractivity contribution is 5.86. The highest BCUT2D eigenvalue weighted by Gasteiger charge is 2.51. The molecule has 2 fully saturated rings. The fourth-order valence-electron chi connectivity index (χ4n) is 4.92. The van der Waals surface area contributed by atoms with Gasteiger partial charge in [-0.3, -0.25) is 4.79 Å². The number of imidazole rings is 1. The number of hydrogen-bond acceptors (Lipinski definition) is 5. The summed E-state index contributed by atoms with van der Waals surface area (Å²) in [4.78, 5) is 33.2. The summed E-state index contributed by atoms with van der Waals surface area (Å²) in [6.07, 6.45) is 6.24. The summed E-state index contributed by atoms with van der Waals surface area (Å²) in [5, 5.41) is 0. The summed E-state index contributed by atoms with van der Waals surface area (Å²) < 4.78 is 13.6. The fraction of sp³-hybridized carbons (Fsp3) is 0.429. The number of likely N-dealkylation sites (N-methyl/N-ethyl adjacent to an activating group) is 1. The second-order valence-corrected chi connectivity index (χ2v) is 8.17. The van der Waals surface area contributed by atoms with E-state index in [1.54, 1.807) is 18.5 Å². The van der Waals surface area contributed by atoms with Gasteiger partial charge in [-0.1, -0.05) is 12.1 Å². The maximum atomic E-state index is 13.6. The molecule has 0 saturated carbocycles. The number of anilines is 1. The Balaban J connectivity index is 1.32. The van der Waals surface area contributed by atoms with Crippen LogP contribution >= 0.6 is 0 Å². The van der Waals surface area contributed by atoms with Crippen LogP contribution in [0.2, 0.25) is 0 Å². The van der Waals surface area contributed by atoms with E-state index in [1.165, 1.54) is 12.4 Å². The van der Waals surface area contributed by atoms with Crippen molar-refractivity contribution in [2.75, 3.05) is 25.0 Å². The Morgan fingerprint density at radius 2 is 2.07 bits per heavy atom. The van der Waals surface area contributed by atoms with Crippen molar-refractivity contribution in [2.24, 2.45) is 5.41 Å². The van der Waals surface area contributed by atoms with Crippen LogP contribution in [0.4, 0.5) is 10.2 Å². The molecule has 1 aromatic carbocycles. The van der Waals surface area contributed by atoms with Crippen molar-refractivity contribution in [2.45, 2.75) is 31.7 Å². The predicted molar refractivity (Wildman–Crippen MR) is 107 cm³/mol. The third-order valence-electron chi connectivity index (χ3n) is 6.53. The van der Waals surface area contributed by atoms with Crippen molar-refractivity contribution in [3.05, 3.63) is 48.3 Å². The van der Waals surface area contributed by atoms with Gasteiger partial charge in [0.2, 0.25) is 5.91 Å². The van der Waals surface area contributed by atoms with Crippen molar-refractivity contribution in [1.82, 2.24) is 24.8 Å². The number of nitrogens with one attached hydrogen (secondary N) is 1. The van der Waals surface area contributed by atoms with E-state index >= 15 is 0 Å². The normalized spacial score (nSPS) is 21.4. The standard InChI is InChI=1S/C21H23FN6O/c1-27-16(10-14-3-2-4-15(22)9-14)11-21(20(27)29)5-7-28(8-6-21)19-17-18(24-12-23-17)25-13-26-19/h2-4,9,12-13,16H,5-8,10-11H2,1H3,(H,23,24,25,26). The molecule has 1 spiro atoms. The van der Waals surface area contributed by atoms with Crippen molar-refractivity contribution in [3.63, 3.8) is 0 Å². The van der Waals surface area contributed by atoms with E-state index in [2.05, 4.69) is 24.8 Å². The number of carbonyl (C=O) groups excluding carboxylic acids is 1. The zero-order chi connectivity index (χ0) is 20.0. The average Bonchev–Trinajstić information content (AvgIpc) is 3.29. The van der Waals surface area contributed by atoms with Crippen molar-refractivity contribution in [1.29, 1.82) is 0 Å². The lowest BCUT2D eigenvalue weighted by molar-refractivity contribution is -0.136. The average molecular weight is 394 g/mol. The van der Waals surface area contributed by atoms with Gasteiger partial charge in [0.15, 0.2) is 11.5 Å². The molecule has 1 unspecified atom stereocenters. The Bertz CT molecular complexity index is 1060. The lowest BCUT2D eigenvalue weighted by atomic mass is 9.75. The molecule has 7 nitrogen and oxygen atoms in total. The minimum Gasteiger partial charge on any atom is -0.355 e. The number of hydrogen-bond donors (Lipinski definition) is 1. The van der Waals surface area contributed by atoms with E-state index < -0.39 is 0 Å². The van der Waals surface area contributed by atoms with Crippen LogP contribution in [0.25, 0.3) is 11.2 Å². The predicted octanol–water partition coefficient (Wildman–Crippen LogP) is 2.55. The highest BCUT2D eigenvalue weighted by atomic mass is 19.1. The van der Waals surface area contributed by atoms with Crippen LogP contribution in [0, 0.1) is 11.2 Å².